The number of hydrogen-bond donors (Lipinski definition) is 1. The van der Waals surface area contributed by atoms with E-state index in [0.717, 1.165) is 18.6 Å². The van der Waals surface area contributed by atoms with Gasteiger partial charge >= 0.3 is 6.36 Å². The maximum absolute atomic E-state index is 11.9. The van der Waals surface area contributed by atoms with Crippen molar-refractivity contribution >= 4 is 11.6 Å². The lowest BCUT2D eigenvalue weighted by molar-refractivity contribution is -0.274. The van der Waals surface area contributed by atoms with Crippen LogP contribution in [0.1, 0.15) is 12.8 Å². The molecule has 4 nitrogen and oxygen atoms in total. The molecule has 1 heterocycles. The van der Waals surface area contributed by atoms with Gasteiger partial charge in [-0.1, -0.05) is 0 Å². The van der Waals surface area contributed by atoms with Crippen LogP contribution >= 0.6 is 0 Å². The molecule has 0 aromatic heterocycles. The molecule has 2 rings (SSSR count). The SMILES string of the molecule is O=C(Nc1ccc(OC(F)(F)F)cc1)[C@H]1CCCO1. The summed E-state index contributed by atoms with van der Waals surface area (Å²) >= 11 is 0. The lowest BCUT2D eigenvalue weighted by Crippen LogP contribution is -2.26. The highest BCUT2D eigenvalue weighted by atomic mass is 19.4. The Morgan fingerprint density at radius 1 is 1.32 bits per heavy atom. The molecule has 0 unspecified atom stereocenters. The monoisotopic (exact) mass is 275 g/mol. The Hall–Kier alpha value is -1.76. The van der Waals surface area contributed by atoms with E-state index in [1.165, 1.54) is 12.1 Å². The Kier molecular flexibility index (Phi) is 3.94. The summed E-state index contributed by atoms with van der Waals surface area (Å²) < 4.78 is 44.8. The number of anilines is 1. The van der Waals surface area contributed by atoms with Gasteiger partial charge in [0.15, 0.2) is 0 Å². The van der Waals surface area contributed by atoms with E-state index in [-0.39, 0.29) is 11.7 Å². The van der Waals surface area contributed by atoms with E-state index in [1.54, 1.807) is 0 Å². The maximum atomic E-state index is 11.9. The van der Waals surface area contributed by atoms with Crippen molar-refractivity contribution in [3.8, 4) is 5.75 Å². The number of nitrogens with one attached hydrogen (secondary N) is 1. The van der Waals surface area contributed by atoms with Crippen molar-refractivity contribution in [2.24, 2.45) is 0 Å². The molecule has 1 saturated heterocycles. The van der Waals surface area contributed by atoms with Crippen molar-refractivity contribution in [1.82, 2.24) is 0 Å². The molecule has 1 aliphatic heterocycles. The average molecular weight is 275 g/mol. The van der Waals surface area contributed by atoms with Crippen LogP contribution in [0.5, 0.6) is 5.75 Å². The van der Waals surface area contributed by atoms with Crippen molar-refractivity contribution in [2.45, 2.75) is 25.3 Å². The van der Waals surface area contributed by atoms with E-state index in [9.17, 15) is 18.0 Å². The molecule has 1 aromatic carbocycles. The van der Waals surface area contributed by atoms with Crippen LogP contribution in [0.3, 0.4) is 0 Å². The zero-order chi connectivity index (χ0) is 13.9. The van der Waals surface area contributed by atoms with Gasteiger partial charge in [-0.05, 0) is 37.1 Å². The number of carbonyl (C=O) groups is 1. The third kappa shape index (κ3) is 4.13. The first-order valence-electron chi connectivity index (χ1n) is 5.72. The molecule has 0 spiro atoms. The predicted molar refractivity (Wildman–Crippen MR) is 60.7 cm³/mol. The number of hydrogen-bond acceptors (Lipinski definition) is 3. The standard InChI is InChI=1S/C12H12F3NO3/c13-12(14,15)19-9-5-3-8(4-6-9)16-11(17)10-2-1-7-18-10/h3-6,10H,1-2,7H2,(H,16,17)/t10-/m1/s1. The second-order valence-electron chi connectivity index (χ2n) is 4.06. The van der Waals surface area contributed by atoms with Gasteiger partial charge in [0.25, 0.3) is 5.91 Å². The van der Waals surface area contributed by atoms with Gasteiger partial charge < -0.3 is 14.8 Å². The molecule has 1 amide bonds. The molecule has 0 saturated carbocycles. The van der Waals surface area contributed by atoms with E-state index in [4.69, 9.17) is 4.74 Å². The summed E-state index contributed by atoms with van der Waals surface area (Å²) in [5, 5.41) is 2.57. The van der Waals surface area contributed by atoms with Crippen molar-refractivity contribution in [1.29, 1.82) is 0 Å². The lowest BCUT2D eigenvalue weighted by Gasteiger charge is -2.12. The molecule has 19 heavy (non-hydrogen) atoms. The molecule has 0 bridgehead atoms. The van der Waals surface area contributed by atoms with Gasteiger partial charge in [-0.25, -0.2) is 0 Å². The van der Waals surface area contributed by atoms with Crippen molar-refractivity contribution < 1.29 is 27.4 Å². The first-order valence-corrected chi connectivity index (χ1v) is 5.72. The van der Waals surface area contributed by atoms with E-state index < -0.39 is 12.5 Å². The van der Waals surface area contributed by atoms with E-state index in [0.29, 0.717) is 18.7 Å². The van der Waals surface area contributed by atoms with Gasteiger partial charge in [0, 0.05) is 12.3 Å². The van der Waals surface area contributed by atoms with Crippen LogP contribution in [0.25, 0.3) is 0 Å². The topological polar surface area (TPSA) is 47.6 Å². The van der Waals surface area contributed by atoms with Crippen LogP contribution in [0.4, 0.5) is 18.9 Å². The van der Waals surface area contributed by atoms with Gasteiger partial charge in [0.05, 0.1) is 0 Å². The molecule has 7 heteroatoms. The average Bonchev–Trinajstić information content (AvgIpc) is 2.83. The van der Waals surface area contributed by atoms with Gasteiger partial charge in [0.2, 0.25) is 0 Å². The highest BCUT2D eigenvalue weighted by Gasteiger charge is 2.31. The first-order chi connectivity index (χ1) is 8.94. The Morgan fingerprint density at radius 3 is 2.53 bits per heavy atom. The summed E-state index contributed by atoms with van der Waals surface area (Å²) in [6.45, 7) is 0.552. The minimum absolute atomic E-state index is 0.290. The van der Waals surface area contributed by atoms with Crippen molar-refractivity contribution in [3.63, 3.8) is 0 Å². The minimum atomic E-state index is -4.72. The number of halogens is 3. The van der Waals surface area contributed by atoms with Crippen LogP contribution in [0.15, 0.2) is 24.3 Å². The van der Waals surface area contributed by atoms with Crippen molar-refractivity contribution in [3.05, 3.63) is 24.3 Å². The van der Waals surface area contributed by atoms with Crippen molar-refractivity contribution in [2.75, 3.05) is 11.9 Å². The summed E-state index contributed by atoms with van der Waals surface area (Å²) in [6.07, 6.45) is -3.72. The van der Waals surface area contributed by atoms with Crippen LogP contribution in [-0.2, 0) is 9.53 Å². The Bertz CT molecular complexity index is 439. The molecule has 1 fully saturated rings. The zero-order valence-electron chi connectivity index (χ0n) is 9.87. The van der Waals surface area contributed by atoms with Gasteiger partial charge in [0.1, 0.15) is 11.9 Å². The molecule has 1 atom stereocenters. The third-order valence-corrected chi connectivity index (χ3v) is 2.58. The van der Waals surface area contributed by atoms with Crippen LogP contribution in [0.2, 0.25) is 0 Å². The fourth-order valence-corrected chi connectivity index (χ4v) is 1.75. The van der Waals surface area contributed by atoms with Crippen LogP contribution in [-0.4, -0.2) is 25.0 Å². The van der Waals surface area contributed by atoms with Gasteiger partial charge in [-0.3, -0.25) is 4.79 Å². The fraction of sp³-hybridized carbons (Fsp3) is 0.417. The number of rotatable bonds is 3. The third-order valence-electron chi connectivity index (χ3n) is 2.58. The second kappa shape index (κ2) is 5.48. The Labute approximate surface area is 107 Å². The smallest absolute Gasteiger partial charge is 0.406 e. The zero-order valence-corrected chi connectivity index (χ0v) is 9.87. The molecule has 0 aliphatic carbocycles. The maximum Gasteiger partial charge on any atom is 0.573 e. The number of amides is 1. The predicted octanol–water partition coefficient (Wildman–Crippen LogP) is 2.70. The first kappa shape index (κ1) is 13.7. The van der Waals surface area contributed by atoms with Gasteiger partial charge in [-0.2, -0.15) is 0 Å². The quantitative estimate of drug-likeness (QED) is 0.922. The second-order valence-corrected chi connectivity index (χ2v) is 4.06. The highest BCUT2D eigenvalue weighted by Crippen LogP contribution is 2.24. The molecule has 1 N–H and O–H groups in total. The molecule has 1 aliphatic rings. The summed E-state index contributed by atoms with van der Waals surface area (Å²) in [5.41, 5.74) is 0.398. The normalized spacial score (nSPS) is 19.2. The van der Waals surface area contributed by atoms with E-state index >= 15 is 0 Å². The number of alkyl halides is 3. The molecule has 104 valence electrons. The Morgan fingerprint density at radius 2 is 2.00 bits per heavy atom. The molecule has 1 aromatic rings. The van der Waals surface area contributed by atoms with Crippen LogP contribution in [0, 0.1) is 0 Å². The van der Waals surface area contributed by atoms with Gasteiger partial charge in [-0.15, -0.1) is 13.2 Å². The molecule has 0 radical (unpaired) electrons. The summed E-state index contributed by atoms with van der Waals surface area (Å²) in [4.78, 5) is 11.7. The van der Waals surface area contributed by atoms with E-state index in [2.05, 4.69) is 10.1 Å². The molecular weight excluding hydrogens is 263 g/mol. The Balaban J connectivity index is 1.93. The highest BCUT2D eigenvalue weighted by molar-refractivity contribution is 5.94. The summed E-state index contributed by atoms with van der Waals surface area (Å²) in [5.74, 6) is -0.621. The van der Waals surface area contributed by atoms with Crippen LogP contribution < -0.4 is 10.1 Å². The molecular formula is C12H12F3NO3. The summed E-state index contributed by atoms with van der Waals surface area (Å²) in [7, 11) is 0. The number of carbonyl (C=O) groups excluding carboxylic acids is 1. The number of ether oxygens (including phenoxy) is 2. The minimum Gasteiger partial charge on any atom is -0.406 e. The fourth-order valence-electron chi connectivity index (χ4n) is 1.75. The summed E-state index contributed by atoms with van der Waals surface area (Å²) in [6, 6.07) is 4.96. The van der Waals surface area contributed by atoms with E-state index in [1.807, 2.05) is 0 Å². The lowest BCUT2D eigenvalue weighted by atomic mass is 10.2. The largest absolute Gasteiger partial charge is 0.573 e. The number of benzene rings is 1.